The van der Waals surface area contributed by atoms with Crippen molar-refractivity contribution >= 4 is 38.1 Å². The maximum atomic E-state index is 12.2. The fraction of sp³-hybridized carbons (Fsp3) is 0.182. The number of aromatic nitrogens is 1. The van der Waals surface area contributed by atoms with Crippen molar-refractivity contribution in [3.8, 4) is 0 Å². The molecule has 0 bridgehead atoms. The summed E-state index contributed by atoms with van der Waals surface area (Å²) in [6, 6.07) is 4.67. The third-order valence-corrected chi connectivity index (χ3v) is 5.14. The zero-order valence-corrected chi connectivity index (χ0v) is 12.4. The second-order valence-electron chi connectivity index (χ2n) is 3.85. The molecule has 0 amide bonds. The topological polar surface area (TPSA) is 85.1 Å². The minimum atomic E-state index is -3.75. The van der Waals surface area contributed by atoms with Crippen LogP contribution in [0.1, 0.15) is 10.4 Å². The SMILES string of the molecule is Cc1cnc(NS(=O)(=O)c2cc(CN)ccc2Cl)s1. The second-order valence-corrected chi connectivity index (χ2v) is 7.14. The van der Waals surface area contributed by atoms with Crippen LogP contribution in [0.15, 0.2) is 29.3 Å². The Morgan fingerprint density at radius 1 is 1.47 bits per heavy atom. The van der Waals surface area contributed by atoms with Gasteiger partial charge >= 0.3 is 0 Å². The van der Waals surface area contributed by atoms with Crippen LogP contribution < -0.4 is 10.5 Å². The van der Waals surface area contributed by atoms with Crippen LogP contribution in [0.25, 0.3) is 0 Å². The Morgan fingerprint density at radius 3 is 2.79 bits per heavy atom. The lowest BCUT2D eigenvalue weighted by Crippen LogP contribution is -2.14. The summed E-state index contributed by atoms with van der Waals surface area (Å²) in [5.41, 5.74) is 6.19. The second kappa shape index (κ2) is 5.46. The third kappa shape index (κ3) is 3.24. The van der Waals surface area contributed by atoms with E-state index in [1.54, 1.807) is 12.3 Å². The van der Waals surface area contributed by atoms with E-state index in [1.807, 2.05) is 6.92 Å². The molecule has 8 heteroatoms. The van der Waals surface area contributed by atoms with E-state index in [9.17, 15) is 8.42 Å². The van der Waals surface area contributed by atoms with Gasteiger partial charge in [0.2, 0.25) is 0 Å². The Labute approximate surface area is 120 Å². The number of benzene rings is 1. The molecular formula is C11H12ClN3O2S2. The Kier molecular flexibility index (Phi) is 4.10. The van der Waals surface area contributed by atoms with Gasteiger partial charge in [0.05, 0.1) is 5.02 Å². The number of thiazole rings is 1. The van der Waals surface area contributed by atoms with Crippen LogP contribution >= 0.6 is 22.9 Å². The number of anilines is 1. The molecule has 5 nitrogen and oxygen atoms in total. The molecule has 0 radical (unpaired) electrons. The van der Waals surface area contributed by atoms with E-state index < -0.39 is 10.0 Å². The molecule has 0 aliphatic heterocycles. The minimum Gasteiger partial charge on any atom is -0.326 e. The number of rotatable bonds is 4. The quantitative estimate of drug-likeness (QED) is 0.906. The zero-order chi connectivity index (χ0) is 14.0. The summed E-state index contributed by atoms with van der Waals surface area (Å²) in [5.74, 6) is 0. The van der Waals surface area contributed by atoms with Crippen molar-refractivity contribution in [1.82, 2.24) is 4.98 Å². The van der Waals surface area contributed by atoms with Crippen molar-refractivity contribution in [1.29, 1.82) is 0 Å². The van der Waals surface area contributed by atoms with Gasteiger partial charge in [-0.05, 0) is 24.6 Å². The van der Waals surface area contributed by atoms with Gasteiger partial charge < -0.3 is 5.73 Å². The summed E-state index contributed by atoms with van der Waals surface area (Å²) < 4.78 is 26.9. The first-order valence-electron chi connectivity index (χ1n) is 5.36. The molecule has 3 N–H and O–H groups in total. The fourth-order valence-corrected chi connectivity index (χ4v) is 3.91. The lowest BCUT2D eigenvalue weighted by atomic mass is 10.2. The first-order chi connectivity index (χ1) is 8.92. The highest BCUT2D eigenvalue weighted by atomic mass is 35.5. The number of hydrogen-bond donors (Lipinski definition) is 2. The van der Waals surface area contributed by atoms with E-state index in [2.05, 4.69) is 9.71 Å². The van der Waals surface area contributed by atoms with E-state index in [1.165, 1.54) is 23.5 Å². The van der Waals surface area contributed by atoms with Crippen molar-refractivity contribution < 1.29 is 8.42 Å². The van der Waals surface area contributed by atoms with Gasteiger partial charge in [-0.15, -0.1) is 11.3 Å². The highest BCUT2D eigenvalue weighted by Crippen LogP contribution is 2.26. The number of nitrogens with two attached hydrogens (primary N) is 1. The van der Waals surface area contributed by atoms with Crippen molar-refractivity contribution in [2.75, 3.05) is 4.72 Å². The monoisotopic (exact) mass is 317 g/mol. The lowest BCUT2D eigenvalue weighted by Gasteiger charge is -2.08. The first-order valence-corrected chi connectivity index (χ1v) is 8.04. The van der Waals surface area contributed by atoms with Crippen LogP contribution in [-0.2, 0) is 16.6 Å². The number of aryl methyl sites for hydroxylation is 1. The molecule has 0 unspecified atom stereocenters. The van der Waals surface area contributed by atoms with Crippen molar-refractivity contribution in [3.63, 3.8) is 0 Å². The van der Waals surface area contributed by atoms with Gasteiger partial charge in [-0.25, -0.2) is 13.4 Å². The summed E-state index contributed by atoms with van der Waals surface area (Å²) >= 11 is 7.19. The average molecular weight is 318 g/mol. The van der Waals surface area contributed by atoms with Crippen LogP contribution in [0.4, 0.5) is 5.13 Å². The molecule has 1 heterocycles. The summed E-state index contributed by atoms with van der Waals surface area (Å²) in [6.45, 7) is 2.09. The molecule has 0 atom stereocenters. The molecule has 0 aliphatic rings. The van der Waals surface area contributed by atoms with Gasteiger partial charge in [0.15, 0.2) is 5.13 Å². The molecule has 2 rings (SSSR count). The molecule has 1 aromatic carbocycles. The molecule has 0 saturated heterocycles. The standard InChI is InChI=1S/C11H12ClN3O2S2/c1-7-6-14-11(18-7)15-19(16,17)10-4-8(5-13)2-3-9(10)12/h2-4,6H,5,13H2,1H3,(H,14,15). The highest BCUT2D eigenvalue weighted by Gasteiger charge is 2.19. The summed E-state index contributed by atoms with van der Waals surface area (Å²) in [6.07, 6.45) is 1.60. The molecule has 2 aromatic rings. The summed E-state index contributed by atoms with van der Waals surface area (Å²) in [5, 5.41) is 0.463. The van der Waals surface area contributed by atoms with Crippen LogP contribution in [0.2, 0.25) is 5.02 Å². The molecule has 1 aromatic heterocycles. The number of nitrogens with one attached hydrogen (secondary N) is 1. The lowest BCUT2D eigenvalue weighted by molar-refractivity contribution is 0.601. The molecular weight excluding hydrogens is 306 g/mol. The predicted molar refractivity (Wildman–Crippen MR) is 77.0 cm³/mol. The molecule has 102 valence electrons. The van der Waals surface area contributed by atoms with E-state index in [4.69, 9.17) is 17.3 Å². The molecule has 19 heavy (non-hydrogen) atoms. The predicted octanol–water partition coefficient (Wildman–Crippen LogP) is 2.36. The van der Waals surface area contributed by atoms with Gasteiger partial charge in [-0.1, -0.05) is 17.7 Å². The Hall–Kier alpha value is -1.15. The minimum absolute atomic E-state index is 0.00460. The fourth-order valence-electron chi connectivity index (χ4n) is 1.45. The molecule has 0 saturated carbocycles. The van der Waals surface area contributed by atoms with Gasteiger partial charge in [0.1, 0.15) is 4.90 Å². The number of halogens is 1. The maximum absolute atomic E-state index is 12.2. The Balaban J connectivity index is 2.39. The normalized spacial score (nSPS) is 11.5. The van der Waals surface area contributed by atoms with Crippen LogP contribution in [0.5, 0.6) is 0 Å². The van der Waals surface area contributed by atoms with Crippen molar-refractivity contribution in [2.45, 2.75) is 18.4 Å². The van der Waals surface area contributed by atoms with E-state index in [0.29, 0.717) is 10.7 Å². The highest BCUT2D eigenvalue weighted by molar-refractivity contribution is 7.93. The third-order valence-electron chi connectivity index (χ3n) is 2.36. The number of hydrogen-bond acceptors (Lipinski definition) is 5. The first kappa shape index (κ1) is 14.3. The number of sulfonamides is 1. The molecule has 0 fully saturated rings. The van der Waals surface area contributed by atoms with Crippen LogP contribution in [0.3, 0.4) is 0 Å². The summed E-state index contributed by atoms with van der Waals surface area (Å²) in [4.78, 5) is 4.88. The summed E-state index contributed by atoms with van der Waals surface area (Å²) in [7, 11) is -3.75. The smallest absolute Gasteiger partial charge is 0.265 e. The van der Waals surface area contributed by atoms with Crippen LogP contribution in [-0.4, -0.2) is 13.4 Å². The van der Waals surface area contributed by atoms with Gasteiger partial charge in [0.25, 0.3) is 10.0 Å². The van der Waals surface area contributed by atoms with Gasteiger partial charge in [0, 0.05) is 17.6 Å². The molecule has 0 spiro atoms. The number of nitrogens with zero attached hydrogens (tertiary/aromatic N) is 1. The van der Waals surface area contributed by atoms with Gasteiger partial charge in [-0.2, -0.15) is 0 Å². The maximum Gasteiger partial charge on any atom is 0.265 e. The van der Waals surface area contributed by atoms with E-state index in [0.717, 1.165) is 4.88 Å². The zero-order valence-electron chi connectivity index (χ0n) is 10.1. The average Bonchev–Trinajstić information content (AvgIpc) is 2.74. The van der Waals surface area contributed by atoms with Crippen molar-refractivity contribution in [2.24, 2.45) is 5.73 Å². The Bertz CT molecular complexity index is 698. The van der Waals surface area contributed by atoms with E-state index in [-0.39, 0.29) is 16.5 Å². The van der Waals surface area contributed by atoms with Crippen molar-refractivity contribution in [3.05, 3.63) is 39.9 Å². The van der Waals surface area contributed by atoms with Crippen LogP contribution in [0, 0.1) is 6.92 Å². The van der Waals surface area contributed by atoms with E-state index >= 15 is 0 Å². The molecule has 0 aliphatic carbocycles. The van der Waals surface area contributed by atoms with Gasteiger partial charge in [-0.3, -0.25) is 4.72 Å². The largest absolute Gasteiger partial charge is 0.326 e. The Morgan fingerprint density at radius 2 is 2.21 bits per heavy atom.